The van der Waals surface area contributed by atoms with Gasteiger partial charge in [-0.25, -0.2) is 24.9 Å². The molecule has 0 saturated heterocycles. The number of thiophene rings is 1. The molecule has 10 rings (SSSR count). The van der Waals surface area contributed by atoms with Crippen LogP contribution in [0.5, 0.6) is 0 Å². The van der Waals surface area contributed by atoms with Crippen LogP contribution in [0.15, 0.2) is 95.9 Å². The molecule has 10 aromatic rings. The number of H-pyrrole nitrogens is 3. The van der Waals surface area contributed by atoms with Gasteiger partial charge in [0.15, 0.2) is 17.2 Å². The number of pyridine rings is 4. The SMILES string of the molecule is Cc1cc2c(N)nccc2[nH]1.Cc1cc2cccc(N)c2[nH]1.Cc1cc2ccnc(N)c2o1.Cc1cc2ccnc(N)c2s1.Cc1nc2c(N)nccc2[nH]1. The Bertz CT molecular complexity index is 2410. The van der Waals surface area contributed by atoms with Gasteiger partial charge < -0.3 is 48.0 Å². The van der Waals surface area contributed by atoms with Gasteiger partial charge in [0.2, 0.25) is 0 Å². The summed E-state index contributed by atoms with van der Waals surface area (Å²) in [6.07, 6.45) is 6.78. The number of benzene rings is 1. The fourth-order valence-corrected chi connectivity index (χ4v) is 6.75. The fourth-order valence-electron chi connectivity index (χ4n) is 5.84. The van der Waals surface area contributed by atoms with E-state index in [0.717, 1.165) is 66.2 Å². The molecule has 0 aliphatic heterocycles. The van der Waals surface area contributed by atoms with E-state index in [9.17, 15) is 0 Å². The molecule has 0 amide bonds. The van der Waals surface area contributed by atoms with Crippen LogP contribution in [0, 0.1) is 34.6 Å². The van der Waals surface area contributed by atoms with Crippen molar-refractivity contribution in [1.82, 2.24) is 39.9 Å². The Kier molecular flexibility index (Phi) is 11.1. The highest BCUT2D eigenvalue weighted by molar-refractivity contribution is 7.19. The molecular weight excluding hydrogens is 711 g/mol. The highest BCUT2D eigenvalue weighted by Crippen LogP contribution is 2.28. The predicted octanol–water partition coefficient (Wildman–Crippen LogP) is 8.27. The third-order valence-corrected chi connectivity index (χ3v) is 9.34. The van der Waals surface area contributed by atoms with E-state index in [0.29, 0.717) is 28.9 Å². The Hall–Kier alpha value is -7.13. The van der Waals surface area contributed by atoms with Gasteiger partial charge in [0, 0.05) is 57.2 Å². The number of nitrogen functional groups attached to an aromatic ring is 5. The summed E-state index contributed by atoms with van der Waals surface area (Å²) >= 11 is 1.69. The molecule has 0 aliphatic carbocycles. The zero-order chi connectivity index (χ0) is 39.2. The molecule has 0 radical (unpaired) electrons. The van der Waals surface area contributed by atoms with Gasteiger partial charge in [-0.2, -0.15) is 0 Å². The summed E-state index contributed by atoms with van der Waals surface area (Å²) in [5, 5.41) is 4.39. The third kappa shape index (κ3) is 8.92. The number of hydrogen-bond acceptors (Lipinski definition) is 12. The molecule has 13 N–H and O–H groups in total. The van der Waals surface area contributed by atoms with E-state index >= 15 is 0 Å². The van der Waals surface area contributed by atoms with Crippen LogP contribution in [0.2, 0.25) is 0 Å². The average Bonchev–Trinajstić information content (AvgIpc) is 3.97. The summed E-state index contributed by atoms with van der Waals surface area (Å²) in [4.78, 5) is 30.7. The van der Waals surface area contributed by atoms with Gasteiger partial charge in [0.1, 0.15) is 28.7 Å². The van der Waals surface area contributed by atoms with Gasteiger partial charge in [-0.15, -0.1) is 11.3 Å². The monoisotopic (exact) mass is 753 g/mol. The maximum absolute atomic E-state index is 5.74. The zero-order valence-corrected chi connectivity index (χ0v) is 31.9. The first-order valence-electron chi connectivity index (χ1n) is 17.2. The normalized spacial score (nSPS) is 10.6. The number of rotatable bonds is 0. The Balaban J connectivity index is 0.000000117. The summed E-state index contributed by atoms with van der Waals surface area (Å²) in [5.74, 6) is 3.88. The second kappa shape index (κ2) is 16.3. The number of imidazole rings is 1. The smallest absolute Gasteiger partial charge is 0.176 e. The molecule has 280 valence electrons. The zero-order valence-electron chi connectivity index (χ0n) is 31.1. The molecule has 0 unspecified atom stereocenters. The van der Waals surface area contributed by atoms with E-state index in [4.69, 9.17) is 33.1 Å². The van der Waals surface area contributed by atoms with Gasteiger partial charge in [0.25, 0.3) is 0 Å². The molecule has 0 fully saturated rings. The Labute approximate surface area is 320 Å². The average molecular weight is 754 g/mol. The number of aromatic nitrogens is 8. The van der Waals surface area contributed by atoms with Crippen LogP contribution in [0.1, 0.15) is 27.8 Å². The molecule has 9 aromatic heterocycles. The molecule has 0 spiro atoms. The number of hydrogen-bond donors (Lipinski definition) is 8. The number of fused-ring (bicyclic) bond motifs is 5. The van der Waals surface area contributed by atoms with Crippen molar-refractivity contribution < 1.29 is 4.42 Å². The summed E-state index contributed by atoms with van der Waals surface area (Å²) in [6.45, 7) is 9.88. The van der Waals surface area contributed by atoms with Crippen molar-refractivity contribution in [3.8, 4) is 0 Å². The fraction of sp³-hybridized carbons (Fsp3) is 0.125. The summed E-state index contributed by atoms with van der Waals surface area (Å²) in [7, 11) is 0. The molecular formula is C40H43N13OS. The number of aryl methyl sites for hydroxylation is 5. The quantitative estimate of drug-likeness (QED) is 0.0684. The highest BCUT2D eigenvalue weighted by Gasteiger charge is 2.04. The number of nitrogens with two attached hydrogens (primary N) is 5. The van der Waals surface area contributed by atoms with Crippen LogP contribution in [0.25, 0.3) is 53.9 Å². The second-order valence-electron chi connectivity index (χ2n) is 12.7. The van der Waals surface area contributed by atoms with Crippen molar-refractivity contribution in [2.45, 2.75) is 34.6 Å². The lowest BCUT2D eigenvalue weighted by molar-refractivity contribution is 0.578. The summed E-state index contributed by atoms with van der Waals surface area (Å²) in [5.41, 5.74) is 35.7. The van der Waals surface area contributed by atoms with Crippen molar-refractivity contribution in [2.24, 2.45) is 0 Å². The van der Waals surface area contributed by atoms with Crippen molar-refractivity contribution in [3.63, 3.8) is 0 Å². The van der Waals surface area contributed by atoms with Crippen LogP contribution in [-0.2, 0) is 0 Å². The molecule has 0 aliphatic rings. The number of para-hydroxylation sites is 1. The Morgan fingerprint density at radius 2 is 1.24 bits per heavy atom. The number of anilines is 5. The van der Waals surface area contributed by atoms with Crippen LogP contribution >= 0.6 is 11.3 Å². The maximum atomic E-state index is 5.74. The highest BCUT2D eigenvalue weighted by atomic mass is 32.1. The van der Waals surface area contributed by atoms with Gasteiger partial charge in [-0.05, 0) is 94.6 Å². The predicted molar refractivity (Wildman–Crippen MR) is 228 cm³/mol. The first-order valence-corrected chi connectivity index (χ1v) is 18.0. The number of aromatic amines is 3. The molecule has 1 aromatic carbocycles. The molecule has 0 saturated carbocycles. The second-order valence-corrected chi connectivity index (χ2v) is 14.0. The van der Waals surface area contributed by atoms with E-state index in [1.54, 1.807) is 36.1 Å². The van der Waals surface area contributed by atoms with Gasteiger partial charge in [-0.3, -0.25) is 0 Å². The number of nitrogens with one attached hydrogen (secondary N) is 3. The topological polar surface area (TPSA) is 255 Å². The van der Waals surface area contributed by atoms with E-state index in [1.807, 2.05) is 76.2 Å². The number of nitrogens with zero attached hydrogens (tertiary/aromatic N) is 5. The minimum atomic E-state index is 0.454. The van der Waals surface area contributed by atoms with Crippen LogP contribution < -0.4 is 28.7 Å². The van der Waals surface area contributed by atoms with E-state index in [1.165, 1.54) is 15.6 Å². The van der Waals surface area contributed by atoms with Crippen molar-refractivity contribution in [3.05, 3.63) is 119 Å². The first kappa shape index (κ1) is 37.6. The largest absolute Gasteiger partial charge is 0.457 e. The van der Waals surface area contributed by atoms with Crippen molar-refractivity contribution in [2.75, 3.05) is 28.7 Å². The van der Waals surface area contributed by atoms with E-state index in [-0.39, 0.29) is 0 Å². The lowest BCUT2D eigenvalue weighted by Crippen LogP contribution is -1.89. The van der Waals surface area contributed by atoms with E-state index < -0.39 is 0 Å². The van der Waals surface area contributed by atoms with Crippen LogP contribution in [-0.4, -0.2) is 39.9 Å². The lowest BCUT2D eigenvalue weighted by Gasteiger charge is -1.92. The van der Waals surface area contributed by atoms with Crippen molar-refractivity contribution in [1.29, 1.82) is 0 Å². The summed E-state index contributed by atoms with van der Waals surface area (Å²) in [6, 6.07) is 21.7. The molecule has 0 bridgehead atoms. The molecule has 14 nitrogen and oxygen atoms in total. The first-order chi connectivity index (χ1) is 26.4. The standard InChI is InChI=1S/C9H10N2.C8H9N3.C8H8N2O.C8H8N2S.C7H8N4/c1-6-5-7-3-2-4-8(10)9(7)11-6;1-5-4-6-7(11-5)2-3-10-8(6)9;2*1-5-4-6-2-3-10-8(9)7(6)11-5;1-4-10-5-2-3-9-7(8)6(5)11-4/h2-5,11H,10H2,1H3;2-4,11H,1H3,(H2,9,10);2*2-4H,1H3,(H2,9,10);2-3H,1H3,(H2,8,9)(H,10,11). The van der Waals surface area contributed by atoms with Crippen LogP contribution in [0.3, 0.4) is 0 Å². The van der Waals surface area contributed by atoms with Gasteiger partial charge >= 0.3 is 0 Å². The molecule has 15 heteroatoms. The molecule has 9 heterocycles. The molecule has 0 atom stereocenters. The third-order valence-electron chi connectivity index (χ3n) is 8.25. The van der Waals surface area contributed by atoms with E-state index in [2.05, 4.69) is 65.0 Å². The van der Waals surface area contributed by atoms with Crippen LogP contribution in [0.4, 0.5) is 29.0 Å². The number of furan rings is 1. The maximum Gasteiger partial charge on any atom is 0.176 e. The summed E-state index contributed by atoms with van der Waals surface area (Å²) < 4.78 is 6.41. The molecule has 55 heavy (non-hydrogen) atoms. The van der Waals surface area contributed by atoms with Gasteiger partial charge in [0.05, 0.1) is 26.9 Å². The minimum Gasteiger partial charge on any atom is -0.457 e. The Morgan fingerprint density at radius 1 is 0.582 bits per heavy atom. The lowest BCUT2D eigenvalue weighted by atomic mass is 10.2. The van der Waals surface area contributed by atoms with Gasteiger partial charge in [-0.1, -0.05) is 12.1 Å². The van der Waals surface area contributed by atoms with Crippen molar-refractivity contribution >= 4 is 94.2 Å². The Morgan fingerprint density at radius 3 is 1.93 bits per heavy atom. The minimum absolute atomic E-state index is 0.454.